The van der Waals surface area contributed by atoms with Crippen LogP contribution in [0.3, 0.4) is 0 Å². The molecule has 2 N–H and O–H groups in total. The second kappa shape index (κ2) is 20.8. The first-order valence-electron chi connectivity index (χ1n) is 18.3. The van der Waals surface area contributed by atoms with E-state index in [-0.39, 0.29) is 58.6 Å². The minimum absolute atomic E-state index is 0.0563. The van der Waals surface area contributed by atoms with Gasteiger partial charge in [-0.2, -0.15) is 0 Å². The lowest BCUT2D eigenvalue weighted by molar-refractivity contribution is -0.141. The molecule has 7 atom stereocenters. The normalized spacial score (nSPS) is 22.5. The standard InChI is InChI=1S/C39H72N2O7/c1-15-17-44-33-18-34(45-24-31(9)32(10)40-20-29(7)22-46-35(42)27(3)4)39(16-2,19-33)25-38(13,14)48-26-37(11,12)41-21-30(8)23-47-36(43)28(5)6/h29-34,40-41H,3,5,15-26H2,1-2,4,6-14H3. The maximum atomic E-state index is 11.8. The number of nitrogens with one attached hydrogen (secondary N) is 2. The first-order valence-corrected chi connectivity index (χ1v) is 18.3. The summed E-state index contributed by atoms with van der Waals surface area (Å²) in [5.74, 6) is -0.0366. The van der Waals surface area contributed by atoms with Crippen LogP contribution in [-0.2, 0) is 33.3 Å². The summed E-state index contributed by atoms with van der Waals surface area (Å²) in [4.78, 5) is 23.5. The fraction of sp³-hybridized carbons (Fsp3) is 0.846. The van der Waals surface area contributed by atoms with Gasteiger partial charge in [-0.15, -0.1) is 0 Å². The summed E-state index contributed by atoms with van der Waals surface area (Å²) in [5.41, 5.74) is 0.147. The molecule has 0 bridgehead atoms. The SMILES string of the molecule is C=C(C)C(=O)OCC(C)CNC(C)C(C)COC1CC(OCCC)CC1(CC)CC(C)(C)OCC(C)(C)NCC(C)COC(=O)C(=C)C. The van der Waals surface area contributed by atoms with Gasteiger partial charge in [-0.1, -0.05) is 47.8 Å². The summed E-state index contributed by atoms with van der Waals surface area (Å²) >= 11 is 0. The van der Waals surface area contributed by atoms with Crippen molar-refractivity contribution < 1.29 is 33.3 Å². The zero-order valence-electron chi connectivity index (χ0n) is 32.7. The summed E-state index contributed by atoms with van der Waals surface area (Å²) in [6.45, 7) is 36.4. The van der Waals surface area contributed by atoms with E-state index in [0.717, 1.165) is 45.3 Å². The fourth-order valence-corrected chi connectivity index (χ4v) is 6.07. The van der Waals surface area contributed by atoms with Crippen LogP contribution in [-0.4, -0.2) is 87.5 Å². The van der Waals surface area contributed by atoms with Crippen LogP contribution in [0.5, 0.6) is 0 Å². The third-order valence-corrected chi connectivity index (χ3v) is 9.48. The molecule has 48 heavy (non-hydrogen) atoms. The van der Waals surface area contributed by atoms with Crippen LogP contribution in [0.1, 0.15) is 115 Å². The van der Waals surface area contributed by atoms with Crippen LogP contribution in [0.2, 0.25) is 0 Å². The van der Waals surface area contributed by atoms with Crippen molar-refractivity contribution in [1.82, 2.24) is 10.6 Å². The highest BCUT2D eigenvalue weighted by Crippen LogP contribution is 2.50. The molecule has 280 valence electrons. The number of carbonyl (C=O) groups is 2. The molecule has 0 saturated heterocycles. The van der Waals surface area contributed by atoms with Crippen molar-refractivity contribution in [2.75, 3.05) is 46.1 Å². The Hall–Kier alpha value is -1.78. The summed E-state index contributed by atoms with van der Waals surface area (Å²) in [6.07, 6.45) is 4.97. The molecule has 0 aromatic heterocycles. The Morgan fingerprint density at radius 3 is 1.96 bits per heavy atom. The molecule has 0 aromatic carbocycles. The van der Waals surface area contributed by atoms with Crippen LogP contribution in [0.25, 0.3) is 0 Å². The van der Waals surface area contributed by atoms with E-state index in [4.69, 9.17) is 23.7 Å². The van der Waals surface area contributed by atoms with Crippen LogP contribution in [0.4, 0.5) is 0 Å². The molecule has 9 nitrogen and oxygen atoms in total. The van der Waals surface area contributed by atoms with Gasteiger partial charge in [0.25, 0.3) is 0 Å². The van der Waals surface area contributed by atoms with Crippen molar-refractivity contribution in [2.45, 2.75) is 145 Å². The molecule has 0 aromatic rings. The Morgan fingerprint density at radius 2 is 1.44 bits per heavy atom. The summed E-state index contributed by atoms with van der Waals surface area (Å²) in [6, 6.07) is 0.240. The van der Waals surface area contributed by atoms with E-state index in [9.17, 15) is 9.59 Å². The van der Waals surface area contributed by atoms with Crippen molar-refractivity contribution in [1.29, 1.82) is 0 Å². The van der Waals surface area contributed by atoms with E-state index in [0.29, 0.717) is 50.0 Å². The molecular weight excluding hydrogens is 608 g/mol. The Kier molecular flexibility index (Phi) is 19.2. The molecule has 1 saturated carbocycles. The predicted molar refractivity (Wildman–Crippen MR) is 195 cm³/mol. The Labute approximate surface area is 293 Å². The smallest absolute Gasteiger partial charge is 0.333 e. The van der Waals surface area contributed by atoms with E-state index >= 15 is 0 Å². The van der Waals surface area contributed by atoms with Crippen LogP contribution >= 0.6 is 0 Å². The van der Waals surface area contributed by atoms with Crippen molar-refractivity contribution in [2.24, 2.45) is 23.2 Å². The van der Waals surface area contributed by atoms with Crippen LogP contribution in [0.15, 0.2) is 24.3 Å². The van der Waals surface area contributed by atoms with E-state index in [2.05, 4.69) is 93.0 Å². The number of rotatable bonds is 25. The Morgan fingerprint density at radius 1 is 0.875 bits per heavy atom. The topological polar surface area (TPSA) is 104 Å². The number of hydrogen-bond acceptors (Lipinski definition) is 9. The summed E-state index contributed by atoms with van der Waals surface area (Å²) in [5, 5.41) is 7.22. The number of esters is 2. The monoisotopic (exact) mass is 681 g/mol. The van der Waals surface area contributed by atoms with Gasteiger partial charge in [-0.25, -0.2) is 9.59 Å². The van der Waals surface area contributed by atoms with Crippen molar-refractivity contribution in [3.63, 3.8) is 0 Å². The molecule has 0 spiro atoms. The molecule has 0 heterocycles. The Balaban J connectivity index is 2.80. The molecule has 7 unspecified atom stereocenters. The zero-order chi connectivity index (χ0) is 36.7. The minimum Gasteiger partial charge on any atom is -0.462 e. The largest absolute Gasteiger partial charge is 0.462 e. The number of ether oxygens (including phenoxy) is 5. The highest BCUT2D eigenvalue weighted by atomic mass is 16.5. The second-order valence-corrected chi connectivity index (χ2v) is 16.1. The van der Waals surface area contributed by atoms with Gasteiger partial charge in [-0.05, 0) is 80.1 Å². The molecule has 1 rings (SSSR count). The van der Waals surface area contributed by atoms with Crippen molar-refractivity contribution >= 4 is 11.9 Å². The summed E-state index contributed by atoms with van der Waals surface area (Å²) in [7, 11) is 0. The lowest BCUT2D eigenvalue weighted by Crippen LogP contribution is -2.49. The summed E-state index contributed by atoms with van der Waals surface area (Å²) < 4.78 is 30.5. The molecule has 1 aliphatic rings. The van der Waals surface area contributed by atoms with Gasteiger partial charge in [-0.3, -0.25) is 0 Å². The lowest BCUT2D eigenvalue weighted by Gasteiger charge is -2.42. The number of carbonyl (C=O) groups excluding carboxylic acids is 2. The van der Waals surface area contributed by atoms with Gasteiger partial charge in [0, 0.05) is 66.1 Å². The first-order chi connectivity index (χ1) is 22.3. The second-order valence-electron chi connectivity index (χ2n) is 16.1. The predicted octanol–water partition coefficient (Wildman–Crippen LogP) is 7.04. The third-order valence-electron chi connectivity index (χ3n) is 9.48. The third kappa shape index (κ3) is 16.3. The van der Waals surface area contributed by atoms with Gasteiger partial charge in [0.1, 0.15) is 0 Å². The van der Waals surface area contributed by atoms with E-state index in [1.54, 1.807) is 13.8 Å². The van der Waals surface area contributed by atoms with E-state index < -0.39 is 0 Å². The molecule has 1 fully saturated rings. The number of hydrogen-bond donors (Lipinski definition) is 2. The highest BCUT2D eigenvalue weighted by Gasteiger charge is 2.50. The molecular formula is C39H72N2O7. The van der Waals surface area contributed by atoms with Gasteiger partial charge in [0.2, 0.25) is 0 Å². The van der Waals surface area contributed by atoms with Crippen LogP contribution < -0.4 is 10.6 Å². The average Bonchev–Trinajstić information content (AvgIpc) is 3.37. The maximum Gasteiger partial charge on any atom is 0.333 e. The van der Waals surface area contributed by atoms with Gasteiger partial charge in [0.15, 0.2) is 0 Å². The van der Waals surface area contributed by atoms with Gasteiger partial charge < -0.3 is 34.3 Å². The molecule has 1 aliphatic carbocycles. The van der Waals surface area contributed by atoms with Gasteiger partial charge in [0.05, 0.1) is 44.2 Å². The average molecular weight is 681 g/mol. The lowest BCUT2D eigenvalue weighted by atomic mass is 9.73. The zero-order valence-corrected chi connectivity index (χ0v) is 32.7. The van der Waals surface area contributed by atoms with Crippen molar-refractivity contribution in [3.05, 3.63) is 24.3 Å². The van der Waals surface area contributed by atoms with Crippen LogP contribution in [0, 0.1) is 23.2 Å². The fourth-order valence-electron chi connectivity index (χ4n) is 6.07. The quantitative estimate of drug-likeness (QED) is 0.0777. The molecule has 0 aliphatic heterocycles. The van der Waals surface area contributed by atoms with Crippen molar-refractivity contribution in [3.8, 4) is 0 Å². The van der Waals surface area contributed by atoms with E-state index in [1.807, 2.05) is 0 Å². The minimum atomic E-state index is -0.372. The molecule has 0 radical (unpaired) electrons. The molecule has 0 amide bonds. The first kappa shape index (κ1) is 44.2. The van der Waals surface area contributed by atoms with Gasteiger partial charge >= 0.3 is 11.9 Å². The van der Waals surface area contributed by atoms with E-state index in [1.165, 1.54) is 0 Å². The Bertz CT molecular complexity index is 1010. The molecule has 9 heteroatoms. The highest BCUT2D eigenvalue weighted by molar-refractivity contribution is 5.87. The maximum absolute atomic E-state index is 11.8.